The maximum atomic E-state index is 13.1. The number of rotatable bonds is 14. The molecule has 44 heavy (non-hydrogen) atoms. The molecule has 5 saturated carbocycles. The first-order valence-electron chi connectivity index (χ1n) is 17.0. The van der Waals surface area contributed by atoms with Gasteiger partial charge in [-0.2, -0.15) is 4.21 Å². The van der Waals surface area contributed by atoms with Gasteiger partial charge in [0, 0.05) is 42.0 Å². The monoisotopic (exact) mass is 619 g/mol. The fourth-order valence-corrected chi connectivity index (χ4v) is 12.0. The molecule has 0 aromatic heterocycles. The lowest BCUT2D eigenvalue weighted by molar-refractivity contribution is -0.259. The summed E-state index contributed by atoms with van der Waals surface area (Å²) >= 11 is -1.91. The fourth-order valence-electron chi connectivity index (χ4n) is 11.4. The van der Waals surface area contributed by atoms with E-state index in [0.717, 1.165) is 69.5 Å². The quantitative estimate of drug-likeness (QED) is 0.214. The summed E-state index contributed by atoms with van der Waals surface area (Å²) < 4.78 is 38.2. The number of unbranched alkanes of at least 4 members (excludes halogenated alkanes) is 3. The summed E-state index contributed by atoms with van der Waals surface area (Å²) in [4.78, 5) is 2.83. The van der Waals surface area contributed by atoms with Gasteiger partial charge >= 0.3 is 11.4 Å². The molecule has 8 aliphatic rings. The van der Waals surface area contributed by atoms with Crippen molar-refractivity contribution in [3.8, 4) is 11.5 Å². The van der Waals surface area contributed by atoms with Crippen LogP contribution in [0.1, 0.15) is 87.8 Å². The van der Waals surface area contributed by atoms with Gasteiger partial charge in [-0.05, 0) is 87.8 Å². The highest BCUT2D eigenvalue weighted by molar-refractivity contribution is 7.75. The molecule has 10 rings (SSSR count). The third-order valence-electron chi connectivity index (χ3n) is 13.2. The molecule has 6 aliphatic carbocycles. The van der Waals surface area contributed by atoms with Crippen molar-refractivity contribution in [3.63, 3.8) is 0 Å². The summed E-state index contributed by atoms with van der Waals surface area (Å²) in [6, 6.07) is 15.3. The van der Waals surface area contributed by atoms with E-state index in [1.165, 1.54) is 36.1 Å². The summed E-state index contributed by atoms with van der Waals surface area (Å²) in [5, 5.41) is 11.1. The van der Waals surface area contributed by atoms with Gasteiger partial charge in [-0.25, -0.2) is 0 Å². The van der Waals surface area contributed by atoms with Crippen molar-refractivity contribution in [1.82, 2.24) is 4.90 Å². The highest BCUT2D eigenvalue weighted by Gasteiger charge is 2.94. The van der Waals surface area contributed by atoms with E-state index >= 15 is 0 Å². The van der Waals surface area contributed by atoms with Gasteiger partial charge in [0.2, 0.25) is 0 Å². The normalized spacial score (nSPS) is 40.8. The Labute approximate surface area is 263 Å². The molecule has 7 nitrogen and oxygen atoms in total. The minimum absolute atomic E-state index is 0.0175. The second kappa shape index (κ2) is 9.77. The largest absolute Gasteiger partial charge is 0.482 e. The van der Waals surface area contributed by atoms with Crippen LogP contribution in [0.15, 0.2) is 42.5 Å². The van der Waals surface area contributed by atoms with Crippen LogP contribution < -0.4 is 8.92 Å². The zero-order valence-electron chi connectivity index (χ0n) is 26.0. The number of fused-ring (bicyclic) bond motifs is 2. The van der Waals surface area contributed by atoms with Crippen molar-refractivity contribution in [2.45, 2.75) is 112 Å². The van der Waals surface area contributed by atoms with E-state index in [-0.39, 0.29) is 28.4 Å². The molecule has 2 heterocycles. The molecule has 10 atom stereocenters. The Hall–Kier alpha value is -1.97. The number of likely N-dealkylation sites (tertiary alicyclic amines) is 1. The topological polar surface area (TPSA) is 77.2 Å². The number of ether oxygens (including phenoxy) is 2. The highest BCUT2D eigenvalue weighted by Crippen LogP contribution is 2.89. The minimum Gasteiger partial charge on any atom is -0.482 e. The molecule has 8 heteroatoms. The maximum absolute atomic E-state index is 13.1. The van der Waals surface area contributed by atoms with Gasteiger partial charge in [0.15, 0.2) is 11.5 Å². The standard InChI is InChI=1S/C36H45NO6S/c1-23(38)27-20-33-17-18-36(27,40-2)32-34(33)22-35(31(33)37(35)21-25-13-14-25)26-15-16-28(30(42-32)29(26)34)43-44(39)41-19-9-4-3-6-10-24-11-7-5-8-12-24/h5,7-8,11-12,15-16,23,25,27,31-32,38H,3-4,6,9-10,13-14,17-22H2,1-2H3. The van der Waals surface area contributed by atoms with Gasteiger partial charge in [0.1, 0.15) is 11.7 Å². The van der Waals surface area contributed by atoms with E-state index in [1.807, 2.05) is 13.0 Å². The average molecular weight is 620 g/mol. The van der Waals surface area contributed by atoms with E-state index in [2.05, 4.69) is 41.3 Å². The second-order valence-corrected chi connectivity index (χ2v) is 15.8. The van der Waals surface area contributed by atoms with E-state index in [0.29, 0.717) is 18.4 Å². The Morgan fingerprint density at radius 3 is 2.68 bits per heavy atom. The Bertz CT molecular complexity index is 1500. The number of piperidine rings is 1. The van der Waals surface area contributed by atoms with Crippen LogP contribution in [0, 0.1) is 17.3 Å². The van der Waals surface area contributed by atoms with Crippen molar-refractivity contribution in [2.75, 3.05) is 20.3 Å². The SMILES string of the molecule is COC12CCC3(CC1C(C)O)C1N(CC4CC4)C14CC31c3c4ccc(OS(=O)OCCCCCCc4ccccc4)c3OC21. The van der Waals surface area contributed by atoms with Gasteiger partial charge in [-0.15, -0.1) is 0 Å². The third-order valence-corrected chi connectivity index (χ3v) is 13.8. The predicted octanol–water partition coefficient (Wildman–Crippen LogP) is 5.74. The molecular formula is C36H45NO6S. The number of hydrogen-bond donors (Lipinski definition) is 1. The molecule has 1 N–H and O–H groups in total. The van der Waals surface area contributed by atoms with Gasteiger partial charge in [-0.3, -0.25) is 9.08 Å². The highest BCUT2D eigenvalue weighted by atomic mass is 32.2. The Balaban J connectivity index is 0.946. The van der Waals surface area contributed by atoms with Crippen LogP contribution in [0.4, 0.5) is 0 Å². The Kier molecular flexibility index (Phi) is 6.28. The zero-order valence-corrected chi connectivity index (χ0v) is 26.8. The Morgan fingerprint density at radius 1 is 1.09 bits per heavy atom. The van der Waals surface area contributed by atoms with Crippen molar-refractivity contribution < 1.29 is 27.2 Å². The molecule has 1 saturated heterocycles. The number of hydrogen-bond acceptors (Lipinski definition) is 7. The fraction of sp³-hybridized carbons (Fsp3) is 0.667. The van der Waals surface area contributed by atoms with Crippen LogP contribution in [0.5, 0.6) is 11.5 Å². The average Bonchev–Trinajstić information content (AvgIpc) is 3.87. The molecule has 2 aliphatic heterocycles. The summed E-state index contributed by atoms with van der Waals surface area (Å²) in [7, 11) is 1.80. The molecule has 2 aromatic rings. The van der Waals surface area contributed by atoms with Crippen molar-refractivity contribution in [1.29, 1.82) is 0 Å². The number of aliphatic hydroxyl groups is 1. The van der Waals surface area contributed by atoms with Crippen LogP contribution in [0.2, 0.25) is 0 Å². The zero-order chi connectivity index (χ0) is 29.9. The summed E-state index contributed by atoms with van der Waals surface area (Å²) in [5.41, 5.74) is 3.47. The third kappa shape index (κ3) is 3.50. The van der Waals surface area contributed by atoms with E-state index < -0.39 is 23.1 Å². The predicted molar refractivity (Wildman–Crippen MR) is 167 cm³/mol. The summed E-state index contributed by atoms with van der Waals surface area (Å²) in [6.07, 6.45) is 11.3. The van der Waals surface area contributed by atoms with Crippen molar-refractivity contribution in [2.24, 2.45) is 17.3 Å². The van der Waals surface area contributed by atoms with E-state index in [4.69, 9.17) is 17.8 Å². The summed E-state index contributed by atoms with van der Waals surface area (Å²) in [5.74, 6) is 2.10. The van der Waals surface area contributed by atoms with E-state index in [9.17, 15) is 9.32 Å². The van der Waals surface area contributed by atoms with Gasteiger partial charge in [-0.1, -0.05) is 49.2 Å². The van der Waals surface area contributed by atoms with Crippen LogP contribution in [0.25, 0.3) is 0 Å². The lowest BCUT2D eigenvalue weighted by Gasteiger charge is -2.66. The molecular weight excluding hydrogens is 574 g/mol. The number of aryl methyl sites for hydroxylation is 1. The lowest BCUT2D eigenvalue weighted by Crippen LogP contribution is -2.75. The number of nitrogens with zero attached hydrogens (tertiary/aromatic N) is 1. The maximum Gasteiger partial charge on any atom is 0.360 e. The molecule has 10 unspecified atom stereocenters. The van der Waals surface area contributed by atoms with Gasteiger partial charge < -0.3 is 18.8 Å². The number of aliphatic hydroxyl groups excluding tert-OH is 1. The molecule has 6 fully saturated rings. The first kappa shape index (κ1) is 28.3. The van der Waals surface area contributed by atoms with Crippen LogP contribution >= 0.6 is 0 Å². The Morgan fingerprint density at radius 2 is 1.91 bits per heavy atom. The molecule has 4 bridgehead atoms. The molecule has 236 valence electrons. The van der Waals surface area contributed by atoms with Crippen molar-refractivity contribution >= 4 is 11.4 Å². The van der Waals surface area contributed by atoms with Gasteiger partial charge in [0.25, 0.3) is 0 Å². The van der Waals surface area contributed by atoms with Crippen LogP contribution in [-0.4, -0.2) is 58.3 Å². The molecule has 3 spiro atoms. The van der Waals surface area contributed by atoms with E-state index in [1.54, 1.807) is 7.11 Å². The minimum atomic E-state index is -1.91. The summed E-state index contributed by atoms with van der Waals surface area (Å²) in [6.45, 7) is 3.51. The molecule has 0 radical (unpaired) electrons. The van der Waals surface area contributed by atoms with Gasteiger partial charge in [0.05, 0.1) is 18.2 Å². The molecule has 0 amide bonds. The van der Waals surface area contributed by atoms with Crippen molar-refractivity contribution in [3.05, 3.63) is 59.2 Å². The van der Waals surface area contributed by atoms with Crippen LogP contribution in [0.3, 0.4) is 0 Å². The number of methoxy groups -OCH3 is 1. The first-order valence-corrected chi connectivity index (χ1v) is 18.0. The molecule has 2 aromatic carbocycles. The lowest BCUT2D eigenvalue weighted by atomic mass is 9.40. The first-order chi connectivity index (χ1) is 21.4. The number of benzene rings is 2. The second-order valence-electron chi connectivity index (χ2n) is 15.0. The van der Waals surface area contributed by atoms with Crippen LogP contribution in [-0.2, 0) is 37.7 Å². The smallest absolute Gasteiger partial charge is 0.360 e.